The minimum atomic E-state index is -1.32. The van der Waals surface area contributed by atoms with E-state index in [4.69, 9.17) is 9.47 Å². The quantitative estimate of drug-likeness (QED) is 0.507. The highest BCUT2D eigenvalue weighted by Gasteiger charge is 2.46. The van der Waals surface area contributed by atoms with Gasteiger partial charge in [0.15, 0.2) is 0 Å². The number of carbonyl (C=O) groups excluding carboxylic acids is 4. The SMILES string of the molecule is CC(=O)C(C(=O)OC(C)(C)C)C(c1ccccc1)C(C(C)=O)C(=O)OC(C)(C)C. The van der Waals surface area contributed by atoms with Gasteiger partial charge in [0, 0.05) is 5.92 Å². The fourth-order valence-corrected chi connectivity index (χ4v) is 3.11. The average molecular weight is 405 g/mol. The molecule has 1 aromatic carbocycles. The Balaban J connectivity index is 3.58. The standard InChI is InChI=1S/C23H32O6/c1-14(24)17(20(26)28-22(3,4)5)19(16-12-10-9-11-13-16)18(15(2)25)21(27)29-23(6,7)8/h9-13,17-19H,1-8H3. The van der Waals surface area contributed by atoms with Gasteiger partial charge in [0.05, 0.1) is 0 Å². The summed E-state index contributed by atoms with van der Waals surface area (Å²) < 4.78 is 10.9. The molecule has 0 spiro atoms. The fraction of sp³-hybridized carbons (Fsp3) is 0.565. The largest absolute Gasteiger partial charge is 0.459 e. The van der Waals surface area contributed by atoms with E-state index in [1.807, 2.05) is 0 Å². The van der Waals surface area contributed by atoms with Gasteiger partial charge in [-0.1, -0.05) is 30.3 Å². The Bertz CT molecular complexity index is 706. The number of ketones is 2. The van der Waals surface area contributed by atoms with E-state index in [0.717, 1.165) is 0 Å². The smallest absolute Gasteiger partial charge is 0.317 e. The highest BCUT2D eigenvalue weighted by molar-refractivity contribution is 6.04. The van der Waals surface area contributed by atoms with Gasteiger partial charge in [-0.05, 0) is 61.0 Å². The first-order valence-corrected chi connectivity index (χ1v) is 9.65. The molecule has 0 aliphatic rings. The highest BCUT2D eigenvalue weighted by Crippen LogP contribution is 2.37. The zero-order valence-electron chi connectivity index (χ0n) is 18.6. The topological polar surface area (TPSA) is 86.7 Å². The van der Waals surface area contributed by atoms with Crippen LogP contribution in [0, 0.1) is 11.8 Å². The first-order chi connectivity index (χ1) is 13.1. The van der Waals surface area contributed by atoms with Crippen molar-refractivity contribution in [3.8, 4) is 0 Å². The monoisotopic (exact) mass is 404 g/mol. The van der Waals surface area contributed by atoms with Crippen molar-refractivity contribution in [1.29, 1.82) is 0 Å². The van der Waals surface area contributed by atoms with Crippen LogP contribution < -0.4 is 0 Å². The van der Waals surface area contributed by atoms with E-state index in [1.54, 1.807) is 71.9 Å². The van der Waals surface area contributed by atoms with Crippen molar-refractivity contribution in [3.63, 3.8) is 0 Å². The van der Waals surface area contributed by atoms with E-state index >= 15 is 0 Å². The van der Waals surface area contributed by atoms with Gasteiger partial charge in [-0.2, -0.15) is 0 Å². The number of hydrogen-bond acceptors (Lipinski definition) is 6. The molecule has 6 heteroatoms. The van der Waals surface area contributed by atoms with Crippen LogP contribution in [0.2, 0.25) is 0 Å². The Hall–Kier alpha value is -2.50. The van der Waals surface area contributed by atoms with Gasteiger partial charge < -0.3 is 9.47 Å². The summed E-state index contributed by atoms with van der Waals surface area (Å²) in [6.07, 6.45) is 0. The Morgan fingerprint density at radius 3 is 1.31 bits per heavy atom. The molecule has 0 saturated carbocycles. The van der Waals surface area contributed by atoms with E-state index in [0.29, 0.717) is 5.56 Å². The second-order valence-electron chi connectivity index (χ2n) is 9.18. The van der Waals surface area contributed by atoms with Crippen LogP contribution >= 0.6 is 0 Å². The number of Topliss-reactive ketones (excluding diaryl/α,β-unsaturated/α-hetero) is 2. The van der Waals surface area contributed by atoms with E-state index in [2.05, 4.69) is 0 Å². The first kappa shape index (κ1) is 24.5. The molecule has 29 heavy (non-hydrogen) atoms. The molecule has 0 aliphatic heterocycles. The molecule has 0 aliphatic carbocycles. The second kappa shape index (κ2) is 9.33. The van der Waals surface area contributed by atoms with Crippen molar-refractivity contribution in [3.05, 3.63) is 35.9 Å². The molecule has 0 fully saturated rings. The summed E-state index contributed by atoms with van der Waals surface area (Å²) >= 11 is 0. The predicted octanol–water partition coefficient (Wildman–Crippen LogP) is 3.86. The molecule has 1 aromatic rings. The lowest BCUT2D eigenvalue weighted by Gasteiger charge is -2.32. The molecule has 0 amide bonds. The molecule has 0 radical (unpaired) electrons. The molecule has 0 N–H and O–H groups in total. The zero-order chi connectivity index (χ0) is 22.6. The van der Waals surface area contributed by atoms with Gasteiger partial charge in [0.2, 0.25) is 0 Å². The van der Waals surface area contributed by atoms with Gasteiger partial charge in [0.25, 0.3) is 0 Å². The lowest BCUT2D eigenvalue weighted by Crippen LogP contribution is -2.43. The summed E-state index contributed by atoms with van der Waals surface area (Å²) in [5.74, 6) is -6.18. The highest BCUT2D eigenvalue weighted by atomic mass is 16.6. The number of ether oxygens (including phenoxy) is 2. The Morgan fingerprint density at radius 2 is 1.03 bits per heavy atom. The van der Waals surface area contributed by atoms with Gasteiger partial charge >= 0.3 is 11.9 Å². The fourth-order valence-electron chi connectivity index (χ4n) is 3.11. The summed E-state index contributed by atoms with van der Waals surface area (Å²) in [7, 11) is 0. The number of esters is 2. The van der Waals surface area contributed by atoms with Crippen molar-refractivity contribution in [1.82, 2.24) is 0 Å². The summed E-state index contributed by atoms with van der Waals surface area (Å²) in [6.45, 7) is 12.7. The van der Waals surface area contributed by atoms with Gasteiger partial charge in [-0.3, -0.25) is 19.2 Å². The van der Waals surface area contributed by atoms with E-state index in [-0.39, 0.29) is 0 Å². The first-order valence-electron chi connectivity index (χ1n) is 9.65. The molecule has 2 unspecified atom stereocenters. The molecular weight excluding hydrogens is 372 g/mol. The summed E-state index contributed by atoms with van der Waals surface area (Å²) in [5, 5.41) is 0. The molecule has 2 atom stereocenters. The van der Waals surface area contributed by atoms with Crippen molar-refractivity contribution in [2.75, 3.05) is 0 Å². The maximum Gasteiger partial charge on any atom is 0.317 e. The zero-order valence-corrected chi connectivity index (χ0v) is 18.6. The van der Waals surface area contributed by atoms with Crippen LogP contribution in [0.5, 0.6) is 0 Å². The van der Waals surface area contributed by atoms with Gasteiger partial charge in [0.1, 0.15) is 34.6 Å². The molecule has 0 bridgehead atoms. The minimum absolute atomic E-state index is 0.483. The number of rotatable bonds is 7. The predicted molar refractivity (Wildman–Crippen MR) is 109 cm³/mol. The third-order valence-electron chi connectivity index (χ3n) is 4.10. The minimum Gasteiger partial charge on any atom is -0.459 e. The van der Waals surface area contributed by atoms with E-state index in [9.17, 15) is 19.2 Å². The van der Waals surface area contributed by atoms with Crippen molar-refractivity contribution in [2.24, 2.45) is 11.8 Å². The van der Waals surface area contributed by atoms with Crippen LogP contribution in [0.25, 0.3) is 0 Å². The van der Waals surface area contributed by atoms with Crippen molar-refractivity contribution in [2.45, 2.75) is 72.5 Å². The van der Waals surface area contributed by atoms with Crippen LogP contribution in [-0.4, -0.2) is 34.7 Å². The molecule has 0 aromatic heterocycles. The Morgan fingerprint density at radius 1 is 0.690 bits per heavy atom. The lowest BCUT2D eigenvalue weighted by atomic mass is 9.73. The molecule has 6 nitrogen and oxygen atoms in total. The van der Waals surface area contributed by atoms with Gasteiger partial charge in [-0.25, -0.2) is 0 Å². The van der Waals surface area contributed by atoms with Crippen LogP contribution in [0.3, 0.4) is 0 Å². The molecule has 160 valence electrons. The summed E-state index contributed by atoms with van der Waals surface area (Å²) in [6, 6.07) is 8.59. The normalized spacial score (nSPS) is 15.0. The average Bonchev–Trinajstić information content (AvgIpc) is 2.50. The number of hydrogen-bond donors (Lipinski definition) is 0. The lowest BCUT2D eigenvalue weighted by molar-refractivity contribution is -0.167. The van der Waals surface area contributed by atoms with Crippen LogP contribution in [-0.2, 0) is 28.7 Å². The molecule has 0 heterocycles. The molecule has 1 rings (SSSR count). The third kappa shape index (κ3) is 7.44. The number of carbonyl (C=O) groups is 4. The van der Waals surface area contributed by atoms with Crippen LogP contribution in [0.1, 0.15) is 66.9 Å². The summed E-state index contributed by atoms with van der Waals surface area (Å²) in [4.78, 5) is 51.0. The second-order valence-corrected chi connectivity index (χ2v) is 9.18. The maximum atomic E-state index is 12.9. The van der Waals surface area contributed by atoms with Crippen LogP contribution in [0.4, 0.5) is 0 Å². The summed E-state index contributed by atoms with van der Waals surface area (Å²) in [5.41, 5.74) is -1.14. The third-order valence-corrected chi connectivity index (χ3v) is 4.10. The van der Waals surface area contributed by atoms with Gasteiger partial charge in [-0.15, -0.1) is 0 Å². The Kier molecular flexibility index (Phi) is 7.90. The Labute approximate surface area is 173 Å². The van der Waals surface area contributed by atoms with Crippen molar-refractivity contribution < 1.29 is 28.7 Å². The van der Waals surface area contributed by atoms with E-state index < -0.39 is 52.5 Å². The van der Waals surface area contributed by atoms with Crippen molar-refractivity contribution >= 4 is 23.5 Å². The molecule has 0 saturated heterocycles. The van der Waals surface area contributed by atoms with E-state index in [1.165, 1.54) is 13.8 Å². The molecular formula is C23H32O6. The number of benzene rings is 1. The van der Waals surface area contributed by atoms with Crippen LogP contribution in [0.15, 0.2) is 30.3 Å². The maximum absolute atomic E-state index is 12.9.